The maximum atomic E-state index is 6.05. The predicted molar refractivity (Wildman–Crippen MR) is 71.7 cm³/mol. The summed E-state index contributed by atoms with van der Waals surface area (Å²) >= 11 is 6.05. The highest BCUT2D eigenvalue weighted by molar-refractivity contribution is 6.30. The van der Waals surface area contributed by atoms with Crippen molar-refractivity contribution in [1.82, 2.24) is 9.97 Å². The van der Waals surface area contributed by atoms with Gasteiger partial charge in [0.1, 0.15) is 17.3 Å². The van der Waals surface area contributed by atoms with E-state index in [1.807, 2.05) is 6.92 Å². The lowest BCUT2D eigenvalue weighted by molar-refractivity contribution is 0.548. The largest absolute Gasteiger partial charge is 0.356 e. The molecule has 1 aliphatic rings. The summed E-state index contributed by atoms with van der Waals surface area (Å²) in [5.41, 5.74) is 0.987. The third-order valence-corrected chi connectivity index (χ3v) is 4.08. The molecule has 0 amide bonds. The summed E-state index contributed by atoms with van der Waals surface area (Å²) in [6, 6.07) is 0.599. The van der Waals surface area contributed by atoms with Crippen LogP contribution in [0.15, 0.2) is 6.33 Å². The van der Waals surface area contributed by atoms with Gasteiger partial charge in [-0.3, -0.25) is 0 Å². The molecular weight excluding hydrogens is 234 g/mol. The van der Waals surface area contributed by atoms with Crippen molar-refractivity contribution >= 4 is 17.4 Å². The topological polar surface area (TPSA) is 29.0 Å². The molecule has 17 heavy (non-hydrogen) atoms. The van der Waals surface area contributed by atoms with Crippen LogP contribution in [0.2, 0.25) is 5.15 Å². The number of hydrogen-bond donors (Lipinski definition) is 0. The average molecular weight is 254 g/mol. The zero-order valence-corrected chi connectivity index (χ0v) is 11.4. The van der Waals surface area contributed by atoms with E-state index >= 15 is 0 Å². The van der Waals surface area contributed by atoms with Crippen LogP contribution < -0.4 is 4.90 Å². The first-order valence-electron chi connectivity index (χ1n) is 6.40. The van der Waals surface area contributed by atoms with Gasteiger partial charge in [0.15, 0.2) is 0 Å². The molecule has 0 unspecified atom stereocenters. The van der Waals surface area contributed by atoms with Gasteiger partial charge in [-0.2, -0.15) is 0 Å². The van der Waals surface area contributed by atoms with Gasteiger partial charge < -0.3 is 4.90 Å². The Hall–Kier alpha value is -0.830. The summed E-state index contributed by atoms with van der Waals surface area (Å²) in [5, 5.41) is 0.565. The lowest BCUT2D eigenvalue weighted by Gasteiger charge is -2.29. The second-order valence-corrected chi connectivity index (χ2v) is 5.23. The highest BCUT2D eigenvalue weighted by Gasteiger charge is 2.20. The second-order valence-electron chi connectivity index (χ2n) is 4.87. The Morgan fingerprint density at radius 1 is 1.18 bits per heavy atom. The van der Waals surface area contributed by atoms with E-state index in [0.717, 1.165) is 11.4 Å². The van der Waals surface area contributed by atoms with Crippen molar-refractivity contribution in [3.63, 3.8) is 0 Å². The van der Waals surface area contributed by atoms with Crippen molar-refractivity contribution in [3.8, 4) is 0 Å². The van der Waals surface area contributed by atoms with Crippen LogP contribution in [0.1, 0.15) is 44.1 Å². The van der Waals surface area contributed by atoms with E-state index in [-0.39, 0.29) is 0 Å². The molecule has 0 spiro atoms. The molecule has 4 heteroatoms. The molecule has 0 aliphatic heterocycles. The van der Waals surface area contributed by atoms with Gasteiger partial charge in [0.2, 0.25) is 0 Å². The normalized spacial score (nSPS) is 17.8. The fourth-order valence-electron chi connectivity index (χ4n) is 2.59. The molecule has 1 heterocycles. The molecule has 2 rings (SSSR count). The molecule has 0 N–H and O–H groups in total. The molecule has 1 aromatic heterocycles. The van der Waals surface area contributed by atoms with E-state index < -0.39 is 0 Å². The molecule has 1 saturated carbocycles. The van der Waals surface area contributed by atoms with Crippen LogP contribution in [0, 0.1) is 6.92 Å². The van der Waals surface area contributed by atoms with E-state index in [4.69, 9.17) is 11.6 Å². The van der Waals surface area contributed by atoms with E-state index in [9.17, 15) is 0 Å². The van der Waals surface area contributed by atoms with Crippen LogP contribution in [0.5, 0.6) is 0 Å². The number of halogens is 1. The van der Waals surface area contributed by atoms with Gasteiger partial charge in [-0.15, -0.1) is 0 Å². The second kappa shape index (κ2) is 5.67. The minimum Gasteiger partial charge on any atom is -0.356 e. The number of hydrogen-bond acceptors (Lipinski definition) is 3. The standard InChI is InChI=1S/C13H20ClN3/c1-10-12(14)15-9-16-13(10)17(2)11-7-5-3-4-6-8-11/h9,11H,3-8H2,1-2H3. The summed E-state index contributed by atoms with van der Waals surface area (Å²) in [4.78, 5) is 10.7. The van der Waals surface area contributed by atoms with Crippen LogP contribution in [0.25, 0.3) is 0 Å². The third-order valence-electron chi connectivity index (χ3n) is 3.70. The molecule has 94 valence electrons. The quantitative estimate of drug-likeness (QED) is 0.596. The molecule has 0 radical (unpaired) electrons. The van der Waals surface area contributed by atoms with E-state index in [0.29, 0.717) is 11.2 Å². The van der Waals surface area contributed by atoms with Gasteiger partial charge in [-0.05, 0) is 19.8 Å². The van der Waals surface area contributed by atoms with Crippen molar-refractivity contribution in [3.05, 3.63) is 17.0 Å². The van der Waals surface area contributed by atoms with Gasteiger partial charge in [0.25, 0.3) is 0 Å². The SMILES string of the molecule is Cc1c(Cl)ncnc1N(C)C1CCCCCC1. The number of aromatic nitrogens is 2. The van der Waals surface area contributed by atoms with Gasteiger partial charge in [-0.25, -0.2) is 9.97 Å². The molecule has 1 fully saturated rings. The van der Waals surface area contributed by atoms with Gasteiger partial charge in [0.05, 0.1) is 0 Å². The number of nitrogens with zero attached hydrogens (tertiary/aromatic N) is 3. The Morgan fingerprint density at radius 3 is 2.47 bits per heavy atom. The molecule has 3 nitrogen and oxygen atoms in total. The Bertz CT molecular complexity index is 373. The van der Waals surface area contributed by atoms with E-state index in [1.165, 1.54) is 38.5 Å². The van der Waals surface area contributed by atoms with Crippen molar-refractivity contribution in [2.24, 2.45) is 0 Å². The van der Waals surface area contributed by atoms with Crippen LogP contribution in [-0.2, 0) is 0 Å². The van der Waals surface area contributed by atoms with Gasteiger partial charge in [0, 0.05) is 18.7 Å². The molecule has 0 atom stereocenters. The van der Waals surface area contributed by atoms with Gasteiger partial charge in [-0.1, -0.05) is 37.3 Å². The highest BCUT2D eigenvalue weighted by Crippen LogP contribution is 2.27. The zero-order valence-electron chi connectivity index (χ0n) is 10.6. The number of anilines is 1. The summed E-state index contributed by atoms with van der Waals surface area (Å²) in [6.45, 7) is 1.99. The van der Waals surface area contributed by atoms with Crippen LogP contribution >= 0.6 is 11.6 Å². The molecule has 0 bridgehead atoms. The fraction of sp³-hybridized carbons (Fsp3) is 0.692. The highest BCUT2D eigenvalue weighted by atomic mass is 35.5. The van der Waals surface area contributed by atoms with E-state index in [1.54, 1.807) is 6.33 Å². The first-order chi connectivity index (χ1) is 8.20. The minimum absolute atomic E-state index is 0.565. The van der Waals surface area contributed by atoms with Crippen molar-refractivity contribution in [2.75, 3.05) is 11.9 Å². The number of rotatable bonds is 2. The van der Waals surface area contributed by atoms with Gasteiger partial charge >= 0.3 is 0 Å². The lowest BCUT2D eigenvalue weighted by atomic mass is 10.1. The van der Waals surface area contributed by atoms with Crippen molar-refractivity contribution < 1.29 is 0 Å². The zero-order chi connectivity index (χ0) is 12.3. The smallest absolute Gasteiger partial charge is 0.137 e. The van der Waals surface area contributed by atoms with Crippen LogP contribution in [0.4, 0.5) is 5.82 Å². The minimum atomic E-state index is 0.565. The summed E-state index contributed by atoms with van der Waals surface area (Å²) in [7, 11) is 2.13. The van der Waals surface area contributed by atoms with Crippen LogP contribution in [0.3, 0.4) is 0 Å². The molecule has 1 aromatic rings. The first-order valence-corrected chi connectivity index (χ1v) is 6.78. The summed E-state index contributed by atoms with van der Waals surface area (Å²) < 4.78 is 0. The lowest BCUT2D eigenvalue weighted by Crippen LogP contribution is -2.32. The Morgan fingerprint density at radius 2 is 1.82 bits per heavy atom. The molecule has 0 saturated heterocycles. The predicted octanol–water partition coefficient (Wildman–Crippen LogP) is 3.60. The Labute approximate surface area is 108 Å². The molecule has 1 aliphatic carbocycles. The van der Waals surface area contributed by atoms with E-state index in [2.05, 4.69) is 21.9 Å². The van der Waals surface area contributed by atoms with Crippen molar-refractivity contribution in [2.45, 2.75) is 51.5 Å². The summed E-state index contributed by atoms with van der Waals surface area (Å²) in [6.07, 6.45) is 9.47. The monoisotopic (exact) mass is 253 g/mol. The first kappa shape index (κ1) is 12.6. The maximum Gasteiger partial charge on any atom is 0.137 e. The Balaban J connectivity index is 2.17. The maximum absolute atomic E-state index is 6.05. The molecule has 0 aromatic carbocycles. The fourth-order valence-corrected chi connectivity index (χ4v) is 2.72. The van der Waals surface area contributed by atoms with Crippen molar-refractivity contribution in [1.29, 1.82) is 0 Å². The summed E-state index contributed by atoms with van der Waals surface area (Å²) in [5.74, 6) is 0.983. The van der Waals surface area contributed by atoms with Crippen LogP contribution in [-0.4, -0.2) is 23.1 Å². The third kappa shape index (κ3) is 2.89. The molecular formula is C13H20ClN3. The average Bonchev–Trinajstić information content (AvgIpc) is 2.60. The Kier molecular flexibility index (Phi) is 4.21.